The average Bonchev–Trinajstić information content (AvgIpc) is 2.74. The number of nitrogens with zero attached hydrogens (tertiary/aromatic N) is 1. The molecule has 0 saturated heterocycles. The molecule has 2 aromatic carbocycles. The van der Waals surface area contributed by atoms with Crippen molar-refractivity contribution in [1.29, 1.82) is 0 Å². The van der Waals surface area contributed by atoms with Gasteiger partial charge in [0.1, 0.15) is 10.8 Å². The zero-order valence-corrected chi connectivity index (χ0v) is 11.0. The number of hydrogen-bond acceptors (Lipinski definition) is 2. The summed E-state index contributed by atoms with van der Waals surface area (Å²) in [5.74, 6) is -0.216. The SMILES string of the molecule is Cc1cc(C)c2nc(-c3ccc(F)cc3)sc2c1. The smallest absolute Gasteiger partial charge is 0.124 e. The Balaban J connectivity index is 2.19. The summed E-state index contributed by atoms with van der Waals surface area (Å²) >= 11 is 1.65. The van der Waals surface area contributed by atoms with Crippen molar-refractivity contribution in [3.63, 3.8) is 0 Å². The molecular weight excluding hydrogens is 245 g/mol. The summed E-state index contributed by atoms with van der Waals surface area (Å²) in [5.41, 5.74) is 4.45. The Morgan fingerprint density at radius 3 is 2.50 bits per heavy atom. The third-order valence-electron chi connectivity index (χ3n) is 2.92. The number of rotatable bonds is 1. The summed E-state index contributed by atoms with van der Waals surface area (Å²) in [6, 6.07) is 10.8. The predicted octanol–water partition coefficient (Wildman–Crippen LogP) is 4.72. The summed E-state index contributed by atoms with van der Waals surface area (Å²) in [7, 11) is 0. The molecule has 0 spiro atoms. The van der Waals surface area contributed by atoms with Crippen LogP contribution in [-0.4, -0.2) is 4.98 Å². The molecule has 0 bridgehead atoms. The molecule has 0 atom stereocenters. The second kappa shape index (κ2) is 4.18. The second-order valence-electron chi connectivity index (χ2n) is 4.45. The van der Waals surface area contributed by atoms with E-state index in [9.17, 15) is 4.39 Å². The highest BCUT2D eigenvalue weighted by Crippen LogP contribution is 2.32. The van der Waals surface area contributed by atoms with Gasteiger partial charge in [-0.05, 0) is 55.3 Å². The Labute approximate surface area is 109 Å². The van der Waals surface area contributed by atoms with Crippen LogP contribution >= 0.6 is 11.3 Å². The van der Waals surface area contributed by atoms with Crippen molar-refractivity contribution in [2.45, 2.75) is 13.8 Å². The normalized spacial score (nSPS) is 11.1. The van der Waals surface area contributed by atoms with Crippen LogP contribution in [0.1, 0.15) is 11.1 Å². The van der Waals surface area contributed by atoms with Crippen molar-refractivity contribution >= 4 is 21.6 Å². The zero-order valence-electron chi connectivity index (χ0n) is 10.2. The maximum absolute atomic E-state index is 12.9. The van der Waals surface area contributed by atoms with Crippen molar-refractivity contribution in [3.05, 3.63) is 53.3 Å². The van der Waals surface area contributed by atoms with Crippen LogP contribution in [0.5, 0.6) is 0 Å². The minimum absolute atomic E-state index is 0.216. The van der Waals surface area contributed by atoms with E-state index in [2.05, 4.69) is 31.0 Å². The van der Waals surface area contributed by atoms with Gasteiger partial charge < -0.3 is 0 Å². The first kappa shape index (κ1) is 11.4. The molecule has 0 aliphatic heterocycles. The molecule has 0 radical (unpaired) electrons. The van der Waals surface area contributed by atoms with Gasteiger partial charge in [-0.2, -0.15) is 0 Å². The number of fused-ring (bicyclic) bond motifs is 1. The fraction of sp³-hybridized carbons (Fsp3) is 0.133. The summed E-state index contributed by atoms with van der Waals surface area (Å²) in [5, 5.41) is 0.943. The molecule has 0 N–H and O–H groups in total. The van der Waals surface area contributed by atoms with E-state index in [-0.39, 0.29) is 5.82 Å². The van der Waals surface area contributed by atoms with Crippen LogP contribution in [0.3, 0.4) is 0 Å². The van der Waals surface area contributed by atoms with E-state index in [1.165, 1.54) is 28.0 Å². The van der Waals surface area contributed by atoms with Gasteiger partial charge in [-0.3, -0.25) is 0 Å². The first-order chi connectivity index (χ1) is 8.63. The van der Waals surface area contributed by atoms with E-state index in [1.807, 2.05) is 0 Å². The molecule has 18 heavy (non-hydrogen) atoms. The van der Waals surface area contributed by atoms with Crippen LogP contribution in [0.4, 0.5) is 4.39 Å². The Hall–Kier alpha value is -1.74. The second-order valence-corrected chi connectivity index (χ2v) is 5.49. The van der Waals surface area contributed by atoms with Gasteiger partial charge >= 0.3 is 0 Å². The van der Waals surface area contributed by atoms with Crippen molar-refractivity contribution in [3.8, 4) is 10.6 Å². The molecule has 0 aliphatic carbocycles. The van der Waals surface area contributed by atoms with E-state index in [0.29, 0.717) is 0 Å². The van der Waals surface area contributed by atoms with E-state index in [1.54, 1.807) is 23.5 Å². The molecule has 1 nitrogen and oxygen atoms in total. The third kappa shape index (κ3) is 1.91. The predicted molar refractivity (Wildman–Crippen MR) is 74.5 cm³/mol. The van der Waals surface area contributed by atoms with Gasteiger partial charge in [0.15, 0.2) is 0 Å². The van der Waals surface area contributed by atoms with E-state index >= 15 is 0 Å². The highest BCUT2D eigenvalue weighted by Gasteiger charge is 2.08. The lowest BCUT2D eigenvalue weighted by atomic mass is 10.1. The number of thiazole rings is 1. The van der Waals surface area contributed by atoms with Crippen molar-refractivity contribution in [1.82, 2.24) is 4.98 Å². The van der Waals surface area contributed by atoms with E-state index in [0.717, 1.165) is 16.1 Å². The first-order valence-electron chi connectivity index (χ1n) is 5.77. The maximum Gasteiger partial charge on any atom is 0.124 e. The van der Waals surface area contributed by atoms with Crippen LogP contribution in [0.15, 0.2) is 36.4 Å². The zero-order chi connectivity index (χ0) is 12.7. The molecule has 0 fully saturated rings. The quantitative estimate of drug-likeness (QED) is 0.614. The largest absolute Gasteiger partial charge is 0.236 e. The molecular formula is C15H12FNS. The minimum atomic E-state index is -0.216. The maximum atomic E-state index is 12.9. The van der Waals surface area contributed by atoms with Gasteiger partial charge in [0.25, 0.3) is 0 Å². The number of aryl methyl sites for hydroxylation is 2. The number of halogens is 1. The highest BCUT2D eigenvalue weighted by atomic mass is 32.1. The average molecular weight is 257 g/mol. The summed E-state index contributed by atoms with van der Waals surface area (Å²) in [6.07, 6.45) is 0. The molecule has 90 valence electrons. The van der Waals surface area contributed by atoms with Crippen LogP contribution < -0.4 is 0 Å². The van der Waals surface area contributed by atoms with Gasteiger partial charge in [0.2, 0.25) is 0 Å². The van der Waals surface area contributed by atoms with Crippen molar-refractivity contribution < 1.29 is 4.39 Å². The van der Waals surface area contributed by atoms with Gasteiger partial charge in [0.05, 0.1) is 10.2 Å². The highest BCUT2D eigenvalue weighted by molar-refractivity contribution is 7.21. The van der Waals surface area contributed by atoms with Crippen LogP contribution in [-0.2, 0) is 0 Å². The number of benzene rings is 2. The molecule has 3 rings (SSSR count). The lowest BCUT2D eigenvalue weighted by Crippen LogP contribution is -1.80. The van der Waals surface area contributed by atoms with E-state index < -0.39 is 0 Å². The summed E-state index contributed by atoms with van der Waals surface area (Å²) in [4.78, 5) is 4.65. The Kier molecular flexibility index (Phi) is 2.63. The molecule has 0 saturated carbocycles. The molecule has 0 amide bonds. The standard InChI is InChI=1S/C15H12FNS/c1-9-7-10(2)14-13(8-9)18-15(17-14)11-3-5-12(16)6-4-11/h3-8H,1-2H3. The Morgan fingerprint density at radius 2 is 1.78 bits per heavy atom. The Bertz CT molecular complexity index is 713. The van der Waals surface area contributed by atoms with Gasteiger partial charge in [-0.25, -0.2) is 9.37 Å². The molecule has 1 heterocycles. The van der Waals surface area contributed by atoms with E-state index in [4.69, 9.17) is 0 Å². The molecule has 0 unspecified atom stereocenters. The Morgan fingerprint density at radius 1 is 1.06 bits per heavy atom. The molecule has 0 aliphatic rings. The first-order valence-corrected chi connectivity index (χ1v) is 6.59. The van der Waals surface area contributed by atoms with Gasteiger partial charge in [-0.1, -0.05) is 6.07 Å². The van der Waals surface area contributed by atoms with Crippen molar-refractivity contribution in [2.24, 2.45) is 0 Å². The van der Waals surface area contributed by atoms with Crippen LogP contribution in [0.25, 0.3) is 20.8 Å². The minimum Gasteiger partial charge on any atom is -0.236 e. The lowest BCUT2D eigenvalue weighted by molar-refractivity contribution is 0.628. The topological polar surface area (TPSA) is 12.9 Å². The van der Waals surface area contributed by atoms with Crippen molar-refractivity contribution in [2.75, 3.05) is 0 Å². The number of hydrogen-bond donors (Lipinski definition) is 0. The monoisotopic (exact) mass is 257 g/mol. The lowest BCUT2D eigenvalue weighted by Gasteiger charge is -1.96. The molecule has 3 aromatic rings. The number of aromatic nitrogens is 1. The van der Waals surface area contributed by atoms with Crippen LogP contribution in [0.2, 0.25) is 0 Å². The fourth-order valence-electron chi connectivity index (χ4n) is 2.09. The summed E-state index contributed by atoms with van der Waals surface area (Å²) < 4.78 is 14.1. The molecule has 1 aromatic heterocycles. The van der Waals surface area contributed by atoms with Gasteiger partial charge in [0, 0.05) is 5.56 Å². The fourth-order valence-corrected chi connectivity index (χ4v) is 3.23. The summed E-state index contributed by atoms with van der Waals surface area (Å²) in [6.45, 7) is 4.16. The van der Waals surface area contributed by atoms with Crippen LogP contribution in [0, 0.1) is 19.7 Å². The third-order valence-corrected chi connectivity index (χ3v) is 3.97. The van der Waals surface area contributed by atoms with Gasteiger partial charge in [-0.15, -0.1) is 11.3 Å². The molecule has 3 heteroatoms.